The molecule has 168 valence electrons. The summed E-state index contributed by atoms with van der Waals surface area (Å²) in [6.45, 7) is 18.5. The van der Waals surface area contributed by atoms with Crippen LogP contribution in [0.5, 0.6) is 0 Å². The van der Waals surface area contributed by atoms with E-state index in [4.69, 9.17) is 9.15 Å². The van der Waals surface area contributed by atoms with Crippen LogP contribution in [0.25, 0.3) is 0 Å². The molecular weight excluding hydrogens is 485 g/mol. The van der Waals surface area contributed by atoms with Crippen LogP contribution in [-0.2, 0) is 16.7 Å². The molecule has 0 aliphatic carbocycles. The summed E-state index contributed by atoms with van der Waals surface area (Å²) in [6.07, 6.45) is 1.44. The van der Waals surface area contributed by atoms with Crippen molar-refractivity contribution in [3.05, 3.63) is 17.8 Å². The Morgan fingerprint density at radius 3 is 2.34 bits per heavy atom. The molecule has 1 rings (SSSR count). The summed E-state index contributed by atoms with van der Waals surface area (Å²) in [5.74, 6) is 2.07. The number of hydrogen-bond donors (Lipinski definition) is 2. The van der Waals surface area contributed by atoms with E-state index in [1.165, 1.54) is 0 Å². The molecule has 29 heavy (non-hydrogen) atoms. The van der Waals surface area contributed by atoms with Crippen LogP contribution < -0.4 is 10.6 Å². The molecule has 2 N–H and O–H groups in total. The second-order valence-corrected chi connectivity index (χ2v) is 8.55. The highest BCUT2D eigenvalue weighted by atomic mass is 127. The molecule has 0 spiro atoms. The smallest absolute Gasteiger partial charge is 0.410 e. The zero-order chi connectivity index (χ0) is 21.4. The number of carbonyl (C=O) groups is 1. The van der Waals surface area contributed by atoms with E-state index in [2.05, 4.69) is 41.4 Å². The maximum absolute atomic E-state index is 12.2. The highest BCUT2D eigenvalue weighted by molar-refractivity contribution is 14.0. The van der Waals surface area contributed by atoms with E-state index >= 15 is 0 Å². The Morgan fingerprint density at radius 2 is 1.86 bits per heavy atom. The van der Waals surface area contributed by atoms with Crippen LogP contribution in [0.4, 0.5) is 4.79 Å². The van der Waals surface area contributed by atoms with Gasteiger partial charge in [0, 0.05) is 31.6 Å². The first-order valence-corrected chi connectivity index (χ1v) is 9.91. The van der Waals surface area contributed by atoms with Gasteiger partial charge in [-0.2, -0.15) is 0 Å². The minimum Gasteiger partial charge on any atom is -0.444 e. The van der Waals surface area contributed by atoms with Gasteiger partial charge in [0.25, 0.3) is 0 Å². The van der Waals surface area contributed by atoms with Crippen LogP contribution in [0, 0.1) is 0 Å². The highest BCUT2D eigenvalue weighted by Gasteiger charge is 2.21. The molecule has 1 aromatic rings. The number of rotatable bonds is 7. The van der Waals surface area contributed by atoms with Gasteiger partial charge in [0.05, 0.1) is 6.20 Å². The van der Waals surface area contributed by atoms with Gasteiger partial charge in [-0.25, -0.2) is 14.8 Å². The second-order valence-electron chi connectivity index (χ2n) is 8.55. The Hall–Kier alpha value is -1.52. The number of carbonyl (C=O) groups excluding carboxylic acids is 1. The van der Waals surface area contributed by atoms with E-state index in [1.54, 1.807) is 11.1 Å². The van der Waals surface area contributed by atoms with E-state index in [0.29, 0.717) is 38.0 Å². The van der Waals surface area contributed by atoms with Crippen molar-refractivity contribution in [3.63, 3.8) is 0 Å². The molecule has 0 saturated carbocycles. The Balaban J connectivity index is 0.00000784. The van der Waals surface area contributed by atoms with Crippen LogP contribution in [-0.4, -0.2) is 53.7 Å². The third-order valence-electron chi connectivity index (χ3n) is 3.72. The Labute approximate surface area is 192 Å². The number of halogens is 1. The molecule has 0 radical (unpaired) electrons. The topological polar surface area (TPSA) is 92.0 Å². The van der Waals surface area contributed by atoms with Crippen molar-refractivity contribution in [3.8, 4) is 0 Å². The fraction of sp³-hybridized carbons (Fsp3) is 0.750. The van der Waals surface area contributed by atoms with Gasteiger partial charge in [-0.05, 0) is 34.6 Å². The maximum Gasteiger partial charge on any atom is 0.410 e. The Kier molecular flexibility index (Phi) is 11.6. The van der Waals surface area contributed by atoms with Crippen molar-refractivity contribution in [2.45, 2.75) is 73.0 Å². The summed E-state index contributed by atoms with van der Waals surface area (Å²) in [6, 6.07) is 0. The number of hydrogen-bond acceptors (Lipinski definition) is 5. The summed E-state index contributed by atoms with van der Waals surface area (Å²) in [7, 11) is 0. The van der Waals surface area contributed by atoms with Crippen molar-refractivity contribution in [1.29, 1.82) is 0 Å². The standard InChI is InChI=1S/C20H37N5O3.HI/c1-9-21-17(24-14-16-23-13-15(27-16)19(3,4)5)22-11-12-25(10-2)18(26)28-20(6,7)8;/h13H,9-12,14H2,1-8H3,(H2,21,22,24);1H. The number of amides is 1. The van der Waals surface area contributed by atoms with E-state index < -0.39 is 5.60 Å². The number of nitrogens with zero attached hydrogens (tertiary/aromatic N) is 3. The molecule has 0 atom stereocenters. The summed E-state index contributed by atoms with van der Waals surface area (Å²) < 4.78 is 11.2. The van der Waals surface area contributed by atoms with Crippen LogP contribution in [0.15, 0.2) is 15.6 Å². The number of aliphatic imine (C=N–C) groups is 1. The Morgan fingerprint density at radius 1 is 1.21 bits per heavy atom. The third kappa shape index (κ3) is 10.7. The number of guanidine groups is 1. The van der Waals surface area contributed by atoms with Crippen molar-refractivity contribution >= 4 is 36.0 Å². The third-order valence-corrected chi connectivity index (χ3v) is 3.72. The van der Waals surface area contributed by atoms with Crippen LogP contribution in [0.2, 0.25) is 0 Å². The van der Waals surface area contributed by atoms with E-state index in [1.807, 2.05) is 34.6 Å². The molecule has 1 amide bonds. The molecule has 0 unspecified atom stereocenters. The summed E-state index contributed by atoms with van der Waals surface area (Å²) >= 11 is 0. The average Bonchev–Trinajstić information content (AvgIpc) is 3.04. The van der Waals surface area contributed by atoms with Gasteiger partial charge in [0.1, 0.15) is 17.9 Å². The average molecular weight is 523 g/mol. The molecule has 0 saturated heterocycles. The van der Waals surface area contributed by atoms with E-state index in [9.17, 15) is 4.79 Å². The lowest BCUT2D eigenvalue weighted by Gasteiger charge is -2.26. The number of ether oxygens (including phenoxy) is 1. The number of nitrogens with one attached hydrogen (secondary N) is 2. The molecule has 0 fully saturated rings. The number of likely N-dealkylation sites (N-methyl/N-ethyl adjacent to an activating group) is 1. The summed E-state index contributed by atoms with van der Waals surface area (Å²) in [5.41, 5.74) is -0.584. The van der Waals surface area contributed by atoms with Gasteiger partial charge >= 0.3 is 6.09 Å². The SMILES string of the molecule is CCNC(=NCc1ncc(C(C)(C)C)o1)NCCN(CC)C(=O)OC(C)(C)C.I. The lowest BCUT2D eigenvalue weighted by molar-refractivity contribution is 0.0264. The predicted molar refractivity (Wildman–Crippen MR) is 127 cm³/mol. The van der Waals surface area contributed by atoms with Gasteiger partial charge in [0.15, 0.2) is 5.96 Å². The zero-order valence-corrected chi connectivity index (χ0v) is 21.4. The van der Waals surface area contributed by atoms with Crippen molar-refractivity contribution < 1.29 is 13.9 Å². The molecular formula is C20H38IN5O3. The van der Waals surface area contributed by atoms with E-state index in [0.717, 1.165) is 12.3 Å². The first-order valence-electron chi connectivity index (χ1n) is 9.91. The molecule has 1 aromatic heterocycles. The molecule has 0 aliphatic heterocycles. The lowest BCUT2D eigenvalue weighted by atomic mass is 9.94. The number of aromatic nitrogens is 1. The molecule has 0 aliphatic rings. The second kappa shape index (κ2) is 12.2. The van der Waals surface area contributed by atoms with Crippen molar-refractivity contribution in [2.24, 2.45) is 4.99 Å². The fourth-order valence-corrected chi connectivity index (χ4v) is 2.23. The van der Waals surface area contributed by atoms with Gasteiger partial charge in [-0.3, -0.25) is 0 Å². The number of oxazole rings is 1. The Bertz CT molecular complexity index is 647. The predicted octanol–water partition coefficient (Wildman–Crippen LogP) is 3.90. The normalized spacial score (nSPS) is 12.2. The summed E-state index contributed by atoms with van der Waals surface area (Å²) in [5, 5.41) is 6.41. The van der Waals surface area contributed by atoms with Gasteiger partial charge in [-0.1, -0.05) is 20.8 Å². The first kappa shape index (κ1) is 27.5. The molecule has 1 heterocycles. The molecule has 9 heteroatoms. The quantitative estimate of drug-likeness (QED) is 0.320. The van der Waals surface area contributed by atoms with Crippen molar-refractivity contribution in [1.82, 2.24) is 20.5 Å². The highest BCUT2D eigenvalue weighted by Crippen LogP contribution is 2.22. The van der Waals surface area contributed by atoms with Crippen molar-refractivity contribution in [2.75, 3.05) is 26.2 Å². The largest absolute Gasteiger partial charge is 0.444 e. The van der Waals surface area contributed by atoms with Crippen LogP contribution in [0.3, 0.4) is 0 Å². The minimum absolute atomic E-state index is 0. The van der Waals surface area contributed by atoms with Gasteiger partial charge in [-0.15, -0.1) is 24.0 Å². The van der Waals surface area contributed by atoms with Gasteiger partial charge in [0.2, 0.25) is 5.89 Å². The molecule has 0 aromatic carbocycles. The van der Waals surface area contributed by atoms with Crippen LogP contribution >= 0.6 is 24.0 Å². The van der Waals surface area contributed by atoms with E-state index in [-0.39, 0.29) is 35.5 Å². The van der Waals surface area contributed by atoms with Gasteiger partial charge < -0.3 is 24.7 Å². The fourth-order valence-electron chi connectivity index (χ4n) is 2.23. The monoisotopic (exact) mass is 523 g/mol. The zero-order valence-electron chi connectivity index (χ0n) is 19.1. The summed E-state index contributed by atoms with van der Waals surface area (Å²) in [4.78, 5) is 22.7. The maximum atomic E-state index is 12.2. The first-order chi connectivity index (χ1) is 13.0. The lowest BCUT2D eigenvalue weighted by Crippen LogP contribution is -2.44. The van der Waals surface area contributed by atoms with Crippen LogP contribution in [0.1, 0.15) is 67.0 Å². The molecule has 8 nitrogen and oxygen atoms in total. The molecule has 0 bridgehead atoms. The minimum atomic E-state index is -0.504.